The van der Waals surface area contributed by atoms with Crippen molar-refractivity contribution in [3.63, 3.8) is 0 Å². The Kier molecular flexibility index (Phi) is 5.39. The van der Waals surface area contributed by atoms with E-state index in [2.05, 4.69) is 22.8 Å². The van der Waals surface area contributed by atoms with Gasteiger partial charge in [0.1, 0.15) is 0 Å². The molecule has 0 saturated heterocycles. The van der Waals surface area contributed by atoms with Crippen LogP contribution in [0.25, 0.3) is 0 Å². The van der Waals surface area contributed by atoms with E-state index in [-0.39, 0.29) is 6.10 Å². The van der Waals surface area contributed by atoms with Crippen molar-refractivity contribution in [1.82, 2.24) is 5.32 Å². The van der Waals surface area contributed by atoms with Crippen LogP contribution in [0.4, 0.5) is 0 Å². The maximum Gasteiger partial charge on any atom is 0.0802 e. The summed E-state index contributed by atoms with van der Waals surface area (Å²) in [6.45, 7) is 1.82. The average Bonchev–Trinajstić information content (AvgIpc) is 2.92. The van der Waals surface area contributed by atoms with E-state index < -0.39 is 0 Å². The van der Waals surface area contributed by atoms with Crippen molar-refractivity contribution in [2.75, 3.05) is 13.1 Å². The fraction of sp³-hybridized carbons (Fsp3) is 0.333. The smallest absolute Gasteiger partial charge is 0.0802 e. The summed E-state index contributed by atoms with van der Waals surface area (Å²) < 4.78 is 0. The third-order valence-corrected chi connectivity index (χ3v) is 3.84. The molecule has 0 saturated carbocycles. The number of hydrogen-bond donors (Lipinski definition) is 2. The molecule has 0 aliphatic heterocycles. The highest BCUT2D eigenvalue weighted by molar-refractivity contribution is 7.09. The number of aliphatic hydroxyl groups excluding tert-OH is 1. The Labute approximate surface area is 112 Å². The first-order valence-corrected chi connectivity index (χ1v) is 7.20. The minimum Gasteiger partial charge on any atom is -0.388 e. The molecule has 2 rings (SSSR count). The van der Waals surface area contributed by atoms with E-state index in [4.69, 9.17) is 0 Å². The van der Waals surface area contributed by atoms with Gasteiger partial charge in [-0.25, -0.2) is 0 Å². The first kappa shape index (κ1) is 13.3. The van der Waals surface area contributed by atoms with Crippen LogP contribution >= 0.6 is 11.3 Å². The normalized spacial score (nSPS) is 12.5. The number of hydrogen-bond acceptors (Lipinski definition) is 3. The molecule has 0 spiro atoms. The first-order chi connectivity index (χ1) is 8.86. The summed E-state index contributed by atoms with van der Waals surface area (Å²) in [6.07, 6.45) is 1.47. The summed E-state index contributed by atoms with van der Waals surface area (Å²) >= 11 is 1.79. The lowest BCUT2D eigenvalue weighted by Crippen LogP contribution is -2.20. The van der Waals surface area contributed by atoms with Crippen molar-refractivity contribution in [3.8, 4) is 0 Å². The van der Waals surface area contributed by atoms with Crippen LogP contribution in [0, 0.1) is 0 Å². The highest BCUT2D eigenvalue weighted by Gasteiger charge is 2.05. The first-order valence-electron chi connectivity index (χ1n) is 6.32. The third kappa shape index (κ3) is 4.26. The van der Waals surface area contributed by atoms with Gasteiger partial charge in [-0.05, 0) is 42.9 Å². The largest absolute Gasteiger partial charge is 0.388 e. The van der Waals surface area contributed by atoms with Crippen LogP contribution in [0.15, 0.2) is 47.8 Å². The van der Waals surface area contributed by atoms with Crippen molar-refractivity contribution in [3.05, 3.63) is 58.3 Å². The van der Waals surface area contributed by atoms with Crippen LogP contribution in [0.1, 0.15) is 23.0 Å². The molecule has 1 heterocycles. The van der Waals surface area contributed by atoms with Gasteiger partial charge in [-0.15, -0.1) is 11.3 Å². The molecule has 2 N–H and O–H groups in total. The molecule has 3 heteroatoms. The third-order valence-electron chi connectivity index (χ3n) is 2.91. The van der Waals surface area contributed by atoms with Crippen LogP contribution in [-0.2, 0) is 6.42 Å². The molecule has 0 aliphatic rings. The lowest BCUT2D eigenvalue weighted by Gasteiger charge is -2.11. The second-order valence-corrected chi connectivity index (χ2v) is 5.33. The van der Waals surface area contributed by atoms with E-state index in [1.807, 2.05) is 30.3 Å². The molecule has 1 atom stereocenters. The Morgan fingerprint density at radius 1 is 1.06 bits per heavy atom. The van der Waals surface area contributed by atoms with Gasteiger partial charge in [-0.1, -0.05) is 36.4 Å². The van der Waals surface area contributed by atoms with Gasteiger partial charge in [-0.2, -0.15) is 0 Å². The summed E-state index contributed by atoms with van der Waals surface area (Å²) in [5.41, 5.74) is 0.998. The predicted molar refractivity (Wildman–Crippen MR) is 76.9 cm³/mol. The lowest BCUT2D eigenvalue weighted by molar-refractivity contribution is 0.167. The fourth-order valence-electron chi connectivity index (χ4n) is 1.87. The quantitative estimate of drug-likeness (QED) is 0.751. The predicted octanol–water partition coefficient (Wildman–Crippen LogP) is 3.00. The van der Waals surface area contributed by atoms with Gasteiger partial charge in [0.05, 0.1) is 6.10 Å². The van der Waals surface area contributed by atoms with Gasteiger partial charge in [-0.3, -0.25) is 0 Å². The Morgan fingerprint density at radius 3 is 2.61 bits per heavy atom. The zero-order valence-corrected chi connectivity index (χ0v) is 11.2. The second-order valence-electron chi connectivity index (χ2n) is 4.29. The van der Waals surface area contributed by atoms with Crippen molar-refractivity contribution in [1.29, 1.82) is 0 Å². The molecule has 1 aromatic carbocycles. The fourth-order valence-corrected chi connectivity index (χ4v) is 2.58. The topological polar surface area (TPSA) is 32.3 Å². The standard InChI is InChI=1S/C15H19NOS/c17-15(13-5-2-1-3-6-13)9-11-16-10-8-14-7-4-12-18-14/h1-7,12,15-17H,8-11H2/t15-/m1/s1. The number of benzene rings is 1. The van der Waals surface area contributed by atoms with Crippen molar-refractivity contribution >= 4 is 11.3 Å². The summed E-state index contributed by atoms with van der Waals surface area (Å²) in [4.78, 5) is 1.41. The number of aliphatic hydroxyl groups is 1. The molecular weight excluding hydrogens is 242 g/mol. The zero-order chi connectivity index (χ0) is 12.6. The Balaban J connectivity index is 1.61. The molecule has 0 radical (unpaired) electrons. The number of thiophene rings is 1. The lowest BCUT2D eigenvalue weighted by atomic mass is 10.1. The molecule has 0 fully saturated rings. The maximum absolute atomic E-state index is 9.97. The molecule has 1 aromatic heterocycles. The number of rotatable bonds is 7. The van der Waals surface area contributed by atoms with Crippen molar-refractivity contribution in [2.24, 2.45) is 0 Å². The van der Waals surface area contributed by atoms with Gasteiger partial charge >= 0.3 is 0 Å². The Bertz CT molecular complexity index is 427. The summed E-state index contributed by atoms with van der Waals surface area (Å²) in [6, 6.07) is 14.1. The van der Waals surface area contributed by atoms with Crippen LogP contribution in [-0.4, -0.2) is 18.2 Å². The molecule has 0 amide bonds. The summed E-state index contributed by atoms with van der Waals surface area (Å²) in [7, 11) is 0. The monoisotopic (exact) mass is 261 g/mol. The van der Waals surface area contributed by atoms with Crippen LogP contribution in [0.3, 0.4) is 0 Å². The molecule has 0 aliphatic carbocycles. The van der Waals surface area contributed by atoms with Gasteiger partial charge < -0.3 is 10.4 Å². The van der Waals surface area contributed by atoms with E-state index in [0.717, 1.165) is 31.5 Å². The van der Waals surface area contributed by atoms with Crippen LogP contribution in [0.5, 0.6) is 0 Å². The van der Waals surface area contributed by atoms with Crippen LogP contribution in [0.2, 0.25) is 0 Å². The minimum atomic E-state index is -0.361. The maximum atomic E-state index is 9.97. The SMILES string of the molecule is O[C@H](CCNCCc1cccs1)c1ccccc1. The molecular formula is C15H19NOS. The van der Waals surface area contributed by atoms with E-state index >= 15 is 0 Å². The van der Waals surface area contributed by atoms with Crippen LogP contribution < -0.4 is 5.32 Å². The second kappa shape index (κ2) is 7.31. The highest BCUT2D eigenvalue weighted by Crippen LogP contribution is 2.14. The molecule has 2 aromatic rings. The molecule has 0 bridgehead atoms. The minimum absolute atomic E-state index is 0.361. The van der Waals surface area contributed by atoms with E-state index in [9.17, 15) is 5.11 Å². The average molecular weight is 261 g/mol. The zero-order valence-electron chi connectivity index (χ0n) is 10.4. The molecule has 96 valence electrons. The van der Waals surface area contributed by atoms with Gasteiger partial charge in [0.2, 0.25) is 0 Å². The van der Waals surface area contributed by atoms with Crippen molar-refractivity contribution < 1.29 is 5.11 Å². The Morgan fingerprint density at radius 2 is 1.89 bits per heavy atom. The Hall–Kier alpha value is -1.16. The molecule has 2 nitrogen and oxygen atoms in total. The highest BCUT2D eigenvalue weighted by atomic mass is 32.1. The summed E-state index contributed by atoms with van der Waals surface area (Å²) in [5.74, 6) is 0. The molecule has 0 unspecified atom stereocenters. The van der Waals surface area contributed by atoms with Gasteiger partial charge in [0.25, 0.3) is 0 Å². The van der Waals surface area contributed by atoms with Gasteiger partial charge in [0.15, 0.2) is 0 Å². The van der Waals surface area contributed by atoms with Crippen molar-refractivity contribution in [2.45, 2.75) is 18.9 Å². The summed E-state index contributed by atoms with van der Waals surface area (Å²) in [5, 5.41) is 15.4. The van der Waals surface area contributed by atoms with E-state index in [1.54, 1.807) is 11.3 Å². The molecule has 18 heavy (non-hydrogen) atoms. The van der Waals surface area contributed by atoms with Gasteiger partial charge in [0, 0.05) is 4.88 Å². The van der Waals surface area contributed by atoms with E-state index in [1.165, 1.54) is 4.88 Å². The number of nitrogens with one attached hydrogen (secondary N) is 1. The van der Waals surface area contributed by atoms with E-state index in [0.29, 0.717) is 0 Å².